The van der Waals surface area contributed by atoms with Gasteiger partial charge in [-0.2, -0.15) is 30.7 Å². The lowest BCUT2D eigenvalue weighted by atomic mass is 9.96. The molecule has 0 fully saturated rings. The van der Waals surface area contributed by atoms with Gasteiger partial charge in [0.15, 0.2) is 5.78 Å². The average Bonchev–Trinajstić information content (AvgIpc) is 2.66. The summed E-state index contributed by atoms with van der Waals surface area (Å²) in [5.41, 5.74) is -0.257. The smallest absolute Gasteiger partial charge is 0.294 e. The highest BCUT2D eigenvalue weighted by molar-refractivity contribution is 6.13. The first-order chi connectivity index (χ1) is 13.4. The first-order valence-corrected chi connectivity index (χ1v) is 8.16. The number of fused-ring (bicyclic) bond motifs is 3. The van der Waals surface area contributed by atoms with E-state index in [1.165, 1.54) is 18.2 Å². The molecule has 0 saturated carbocycles. The molecule has 9 heteroatoms. The van der Waals surface area contributed by atoms with Crippen LogP contribution in [-0.2, 0) is 4.79 Å². The molecule has 29 heavy (non-hydrogen) atoms. The van der Waals surface area contributed by atoms with Crippen LogP contribution < -0.4 is 0 Å². The zero-order valence-electron chi connectivity index (χ0n) is 14.4. The van der Waals surface area contributed by atoms with E-state index in [9.17, 15) is 40.3 Å². The summed E-state index contributed by atoms with van der Waals surface area (Å²) < 4.78 is 89.3. The van der Waals surface area contributed by atoms with Gasteiger partial charge in [0.05, 0.1) is 6.42 Å². The second-order valence-corrected chi connectivity index (χ2v) is 6.39. The van der Waals surface area contributed by atoms with Gasteiger partial charge in [-0.15, -0.1) is 0 Å². The van der Waals surface area contributed by atoms with E-state index in [1.54, 1.807) is 18.2 Å². The van der Waals surface area contributed by atoms with Gasteiger partial charge in [-0.05, 0) is 27.6 Å². The lowest BCUT2D eigenvalue weighted by Crippen LogP contribution is -2.56. The lowest BCUT2D eigenvalue weighted by molar-refractivity contribution is -0.343. The second kappa shape index (κ2) is 6.82. The fraction of sp³-hybridized carbons (Fsp3) is 0.200. The standard InChI is InChI=1S/C20H11F7O2/c21-18(22,19(23,24)20(25,26)27)17(29)10-16(28)13-7-8-15-12(9-13)6-5-11-3-1-2-4-14(11)15/h1-9H,10H2. The van der Waals surface area contributed by atoms with E-state index in [0.717, 1.165) is 10.8 Å². The number of carbonyl (C=O) groups excluding carboxylic acids is 2. The van der Waals surface area contributed by atoms with Gasteiger partial charge in [-0.25, -0.2) is 0 Å². The van der Waals surface area contributed by atoms with Crippen molar-refractivity contribution in [3.8, 4) is 0 Å². The van der Waals surface area contributed by atoms with Crippen LogP contribution in [0.5, 0.6) is 0 Å². The normalized spacial score (nSPS) is 13.1. The molecule has 0 radical (unpaired) electrons. The number of carbonyl (C=O) groups is 2. The van der Waals surface area contributed by atoms with Gasteiger partial charge in [0.1, 0.15) is 0 Å². The molecular formula is C20H11F7O2. The van der Waals surface area contributed by atoms with Gasteiger partial charge in [0, 0.05) is 5.56 Å². The SMILES string of the molecule is O=C(CC(=O)C(F)(F)C(F)(F)C(F)(F)F)c1ccc2c(ccc3ccccc32)c1. The van der Waals surface area contributed by atoms with Crippen molar-refractivity contribution < 1.29 is 40.3 Å². The maximum atomic E-state index is 13.4. The number of Topliss-reactive ketones (excluding diaryl/α,β-unsaturated/α-hetero) is 2. The molecular weight excluding hydrogens is 405 g/mol. The minimum absolute atomic E-state index is 0.257. The number of ketones is 2. The highest BCUT2D eigenvalue weighted by atomic mass is 19.4. The van der Waals surface area contributed by atoms with Gasteiger partial charge in [-0.3, -0.25) is 9.59 Å². The lowest BCUT2D eigenvalue weighted by Gasteiger charge is -2.26. The highest BCUT2D eigenvalue weighted by Gasteiger charge is 2.75. The van der Waals surface area contributed by atoms with Crippen molar-refractivity contribution in [3.63, 3.8) is 0 Å². The third-order valence-electron chi connectivity index (χ3n) is 4.49. The number of rotatable bonds is 5. The molecule has 2 nitrogen and oxygen atoms in total. The van der Waals surface area contributed by atoms with Crippen LogP contribution in [0.25, 0.3) is 21.5 Å². The van der Waals surface area contributed by atoms with E-state index in [-0.39, 0.29) is 5.56 Å². The van der Waals surface area contributed by atoms with Crippen molar-refractivity contribution in [1.29, 1.82) is 0 Å². The van der Waals surface area contributed by atoms with Gasteiger partial charge >= 0.3 is 18.0 Å². The van der Waals surface area contributed by atoms with Gasteiger partial charge in [-0.1, -0.05) is 48.5 Å². The summed E-state index contributed by atoms with van der Waals surface area (Å²) in [5, 5.41) is 2.94. The molecule has 3 aromatic carbocycles. The van der Waals surface area contributed by atoms with E-state index in [4.69, 9.17) is 0 Å². The van der Waals surface area contributed by atoms with Crippen molar-refractivity contribution in [2.24, 2.45) is 0 Å². The van der Waals surface area contributed by atoms with Crippen molar-refractivity contribution in [2.75, 3.05) is 0 Å². The number of halogens is 7. The molecule has 0 saturated heterocycles. The van der Waals surface area contributed by atoms with Crippen LogP contribution >= 0.6 is 0 Å². The molecule has 0 aliphatic carbocycles. The Hall–Kier alpha value is -2.97. The van der Waals surface area contributed by atoms with Crippen LogP contribution in [-0.4, -0.2) is 29.6 Å². The largest absolute Gasteiger partial charge is 0.460 e. The Kier molecular flexibility index (Phi) is 4.88. The molecule has 0 N–H and O–H groups in total. The van der Waals surface area contributed by atoms with E-state index < -0.39 is 36.0 Å². The number of hydrogen-bond acceptors (Lipinski definition) is 2. The van der Waals surface area contributed by atoms with E-state index >= 15 is 0 Å². The molecule has 0 heterocycles. The Balaban J connectivity index is 1.90. The third kappa shape index (κ3) is 3.45. The zero-order chi connectivity index (χ0) is 21.6. The van der Waals surface area contributed by atoms with Crippen molar-refractivity contribution in [3.05, 3.63) is 60.2 Å². The first kappa shape index (κ1) is 20.8. The Morgan fingerprint density at radius 1 is 0.724 bits per heavy atom. The summed E-state index contributed by atoms with van der Waals surface area (Å²) in [6.45, 7) is 0. The van der Waals surface area contributed by atoms with E-state index in [1.807, 2.05) is 18.2 Å². The van der Waals surface area contributed by atoms with E-state index in [2.05, 4.69) is 0 Å². The Labute approximate surface area is 158 Å². The monoisotopic (exact) mass is 416 g/mol. The molecule has 0 aliphatic heterocycles. The number of benzene rings is 3. The number of hydrogen-bond donors (Lipinski definition) is 0. The third-order valence-corrected chi connectivity index (χ3v) is 4.49. The first-order valence-electron chi connectivity index (χ1n) is 8.16. The maximum absolute atomic E-state index is 13.4. The Bertz CT molecular complexity index is 1120. The zero-order valence-corrected chi connectivity index (χ0v) is 14.4. The predicted octanol–water partition coefficient (Wildman–Crippen LogP) is 5.97. The summed E-state index contributed by atoms with van der Waals surface area (Å²) in [5.74, 6) is -16.7. The van der Waals surface area contributed by atoms with Crippen LogP contribution in [0.3, 0.4) is 0 Å². The molecule has 0 spiro atoms. The Morgan fingerprint density at radius 2 is 1.31 bits per heavy atom. The van der Waals surface area contributed by atoms with Crippen LogP contribution in [0.15, 0.2) is 54.6 Å². The summed E-state index contributed by atoms with van der Waals surface area (Å²) in [4.78, 5) is 23.5. The summed E-state index contributed by atoms with van der Waals surface area (Å²) in [6, 6.07) is 14.5. The van der Waals surface area contributed by atoms with Crippen LogP contribution in [0.1, 0.15) is 16.8 Å². The minimum atomic E-state index is -6.64. The van der Waals surface area contributed by atoms with Crippen molar-refractivity contribution in [1.82, 2.24) is 0 Å². The van der Waals surface area contributed by atoms with E-state index in [0.29, 0.717) is 10.8 Å². The van der Waals surface area contributed by atoms with Gasteiger partial charge in [0.2, 0.25) is 5.78 Å². The van der Waals surface area contributed by atoms with Crippen LogP contribution in [0.4, 0.5) is 30.7 Å². The topological polar surface area (TPSA) is 34.1 Å². The number of alkyl halides is 7. The fourth-order valence-electron chi connectivity index (χ4n) is 2.90. The predicted molar refractivity (Wildman–Crippen MR) is 91.4 cm³/mol. The fourth-order valence-corrected chi connectivity index (χ4v) is 2.90. The quantitative estimate of drug-likeness (QED) is 0.222. The van der Waals surface area contributed by atoms with Crippen LogP contribution in [0, 0.1) is 0 Å². The minimum Gasteiger partial charge on any atom is -0.294 e. The Morgan fingerprint density at radius 3 is 1.97 bits per heavy atom. The van der Waals surface area contributed by atoms with Crippen LogP contribution in [0.2, 0.25) is 0 Å². The second-order valence-electron chi connectivity index (χ2n) is 6.39. The molecule has 152 valence electrons. The van der Waals surface area contributed by atoms with Crippen molar-refractivity contribution >= 4 is 33.1 Å². The average molecular weight is 416 g/mol. The molecule has 0 aliphatic rings. The molecule has 0 unspecified atom stereocenters. The highest BCUT2D eigenvalue weighted by Crippen LogP contribution is 2.47. The summed E-state index contributed by atoms with van der Waals surface area (Å²) in [7, 11) is 0. The van der Waals surface area contributed by atoms with Gasteiger partial charge < -0.3 is 0 Å². The molecule has 0 bridgehead atoms. The molecule has 0 amide bonds. The molecule has 3 aromatic rings. The maximum Gasteiger partial charge on any atom is 0.460 e. The van der Waals surface area contributed by atoms with Gasteiger partial charge in [0.25, 0.3) is 0 Å². The molecule has 3 rings (SSSR count). The summed E-state index contributed by atoms with van der Waals surface area (Å²) >= 11 is 0. The summed E-state index contributed by atoms with van der Waals surface area (Å²) in [6.07, 6.45) is -8.43. The molecule has 0 aromatic heterocycles. The van der Waals surface area contributed by atoms with Crippen molar-refractivity contribution in [2.45, 2.75) is 24.4 Å². The molecule has 0 atom stereocenters.